The van der Waals surface area contributed by atoms with E-state index < -0.39 is 0 Å². The van der Waals surface area contributed by atoms with Gasteiger partial charge in [-0.2, -0.15) is 0 Å². The van der Waals surface area contributed by atoms with Gasteiger partial charge in [0.2, 0.25) is 0 Å². The summed E-state index contributed by atoms with van der Waals surface area (Å²) in [5.41, 5.74) is 0. The van der Waals surface area contributed by atoms with Crippen LogP contribution in [0, 0.1) is 23.7 Å². The first kappa shape index (κ1) is 10.1. The minimum Gasteiger partial charge on any atom is -0.103 e. The van der Waals surface area contributed by atoms with Crippen LogP contribution in [-0.2, 0) is 0 Å². The second-order valence-electron chi connectivity index (χ2n) is 2.34. The van der Waals surface area contributed by atoms with Crippen molar-refractivity contribution in [1.29, 1.82) is 0 Å². The molecule has 0 heterocycles. The standard InChI is InChI=1S/C11H16/c1-3-5-7-9-11-10-8-6-4-2/h3-5,7,10H2,1-2H3. The van der Waals surface area contributed by atoms with Gasteiger partial charge in [0.05, 0.1) is 6.42 Å². The number of hydrogen-bond donors (Lipinski definition) is 0. The van der Waals surface area contributed by atoms with Crippen LogP contribution in [-0.4, -0.2) is 0 Å². The first-order valence-electron chi connectivity index (χ1n) is 4.33. The van der Waals surface area contributed by atoms with Gasteiger partial charge in [0.15, 0.2) is 0 Å². The second-order valence-corrected chi connectivity index (χ2v) is 2.34. The Kier molecular flexibility index (Phi) is 8.39. The van der Waals surface area contributed by atoms with Crippen molar-refractivity contribution in [2.24, 2.45) is 0 Å². The Labute approximate surface area is 70.4 Å². The van der Waals surface area contributed by atoms with E-state index in [0.717, 1.165) is 19.3 Å². The normalized spacial score (nSPS) is 7.45. The first-order valence-corrected chi connectivity index (χ1v) is 4.33. The molecule has 0 saturated heterocycles. The molecular formula is C11H16. The van der Waals surface area contributed by atoms with Crippen LogP contribution in [0.3, 0.4) is 0 Å². The zero-order valence-corrected chi connectivity index (χ0v) is 7.54. The third kappa shape index (κ3) is 9.12. The Morgan fingerprint density at radius 3 is 2.27 bits per heavy atom. The van der Waals surface area contributed by atoms with E-state index in [1.807, 2.05) is 0 Å². The Bertz CT molecular complexity index is 180. The Morgan fingerprint density at radius 1 is 0.909 bits per heavy atom. The molecule has 0 amide bonds. The summed E-state index contributed by atoms with van der Waals surface area (Å²) in [5.74, 6) is 12.1. The lowest BCUT2D eigenvalue weighted by molar-refractivity contribution is 0.828. The van der Waals surface area contributed by atoms with Crippen LogP contribution in [0.25, 0.3) is 0 Å². The van der Waals surface area contributed by atoms with Gasteiger partial charge in [-0.05, 0) is 6.42 Å². The SMILES string of the molecule is CCC#CCC#CCCCC. The summed E-state index contributed by atoms with van der Waals surface area (Å²) in [6.07, 6.45) is 5.17. The second kappa shape index (κ2) is 9.12. The van der Waals surface area contributed by atoms with E-state index >= 15 is 0 Å². The van der Waals surface area contributed by atoms with Crippen molar-refractivity contribution < 1.29 is 0 Å². The minimum atomic E-state index is 0.748. The third-order valence-corrected chi connectivity index (χ3v) is 1.26. The van der Waals surface area contributed by atoms with Gasteiger partial charge in [-0.25, -0.2) is 0 Å². The molecule has 0 fully saturated rings. The van der Waals surface area contributed by atoms with E-state index in [0.29, 0.717) is 0 Å². The lowest BCUT2D eigenvalue weighted by atomic mass is 10.2. The molecular weight excluding hydrogens is 132 g/mol. The first-order chi connectivity index (χ1) is 5.41. The van der Waals surface area contributed by atoms with Crippen molar-refractivity contribution in [2.75, 3.05) is 0 Å². The molecule has 0 bridgehead atoms. The molecule has 0 aliphatic heterocycles. The molecule has 0 aromatic heterocycles. The molecule has 0 aliphatic rings. The van der Waals surface area contributed by atoms with Gasteiger partial charge in [0, 0.05) is 12.8 Å². The van der Waals surface area contributed by atoms with Crippen LogP contribution in [0.5, 0.6) is 0 Å². The largest absolute Gasteiger partial charge is 0.103 e. The maximum absolute atomic E-state index is 3.09. The van der Waals surface area contributed by atoms with Crippen molar-refractivity contribution in [3.05, 3.63) is 0 Å². The fourth-order valence-corrected chi connectivity index (χ4v) is 0.648. The molecule has 0 spiro atoms. The van der Waals surface area contributed by atoms with Crippen LogP contribution >= 0.6 is 0 Å². The molecule has 0 aromatic carbocycles. The topological polar surface area (TPSA) is 0 Å². The lowest BCUT2D eigenvalue weighted by Crippen LogP contribution is -1.67. The summed E-state index contributed by atoms with van der Waals surface area (Å²) in [4.78, 5) is 0. The van der Waals surface area contributed by atoms with Crippen LogP contribution in [0.2, 0.25) is 0 Å². The fraction of sp³-hybridized carbons (Fsp3) is 0.636. The van der Waals surface area contributed by atoms with E-state index in [1.54, 1.807) is 0 Å². The van der Waals surface area contributed by atoms with E-state index in [9.17, 15) is 0 Å². The molecule has 0 atom stereocenters. The minimum absolute atomic E-state index is 0.748. The average Bonchev–Trinajstić information content (AvgIpc) is 2.03. The van der Waals surface area contributed by atoms with Gasteiger partial charge in [-0.15, -0.1) is 11.8 Å². The van der Waals surface area contributed by atoms with Crippen molar-refractivity contribution in [1.82, 2.24) is 0 Å². The smallest absolute Gasteiger partial charge is 0.0702 e. The molecule has 0 aliphatic carbocycles. The van der Waals surface area contributed by atoms with Gasteiger partial charge >= 0.3 is 0 Å². The molecule has 0 heteroatoms. The molecule has 0 rings (SSSR count). The molecule has 60 valence electrons. The van der Waals surface area contributed by atoms with Crippen molar-refractivity contribution in [3.8, 4) is 23.7 Å². The van der Waals surface area contributed by atoms with E-state index in [2.05, 4.69) is 37.5 Å². The van der Waals surface area contributed by atoms with Crippen molar-refractivity contribution in [3.63, 3.8) is 0 Å². The fourth-order valence-electron chi connectivity index (χ4n) is 0.648. The number of rotatable bonds is 2. The van der Waals surface area contributed by atoms with Gasteiger partial charge in [-0.1, -0.05) is 32.1 Å². The summed E-state index contributed by atoms with van der Waals surface area (Å²) < 4.78 is 0. The zero-order chi connectivity index (χ0) is 8.36. The number of unbranched alkanes of at least 4 members (excludes halogenated alkanes) is 2. The van der Waals surface area contributed by atoms with Crippen molar-refractivity contribution in [2.45, 2.75) is 46.0 Å². The maximum atomic E-state index is 3.09. The molecule has 0 saturated carbocycles. The Morgan fingerprint density at radius 2 is 1.64 bits per heavy atom. The van der Waals surface area contributed by atoms with Crippen LogP contribution in [0.1, 0.15) is 46.0 Å². The highest BCUT2D eigenvalue weighted by Crippen LogP contribution is 1.90. The van der Waals surface area contributed by atoms with Crippen molar-refractivity contribution >= 4 is 0 Å². The maximum Gasteiger partial charge on any atom is 0.0702 e. The van der Waals surface area contributed by atoms with E-state index in [-0.39, 0.29) is 0 Å². The molecule has 0 aromatic rings. The molecule has 0 radical (unpaired) electrons. The summed E-state index contributed by atoms with van der Waals surface area (Å²) >= 11 is 0. The molecule has 0 nitrogen and oxygen atoms in total. The summed E-state index contributed by atoms with van der Waals surface area (Å²) in [6, 6.07) is 0. The lowest BCUT2D eigenvalue weighted by Gasteiger charge is -1.82. The third-order valence-electron chi connectivity index (χ3n) is 1.26. The highest BCUT2D eigenvalue weighted by atomic mass is 13.8. The quantitative estimate of drug-likeness (QED) is 0.417. The van der Waals surface area contributed by atoms with Gasteiger partial charge in [0.25, 0.3) is 0 Å². The highest BCUT2D eigenvalue weighted by molar-refractivity contribution is 5.11. The monoisotopic (exact) mass is 148 g/mol. The Balaban J connectivity index is 3.25. The van der Waals surface area contributed by atoms with Crippen LogP contribution in [0.4, 0.5) is 0 Å². The number of hydrogen-bond acceptors (Lipinski definition) is 0. The van der Waals surface area contributed by atoms with Gasteiger partial charge in [0.1, 0.15) is 0 Å². The summed E-state index contributed by atoms with van der Waals surface area (Å²) in [5, 5.41) is 0. The highest BCUT2D eigenvalue weighted by Gasteiger charge is 1.74. The zero-order valence-electron chi connectivity index (χ0n) is 7.54. The molecule has 0 N–H and O–H groups in total. The Hall–Kier alpha value is -0.880. The average molecular weight is 148 g/mol. The van der Waals surface area contributed by atoms with Gasteiger partial charge in [-0.3, -0.25) is 0 Å². The predicted molar refractivity (Wildman–Crippen MR) is 50.0 cm³/mol. The predicted octanol–water partition coefficient (Wildman–Crippen LogP) is 2.98. The summed E-state index contributed by atoms with van der Waals surface area (Å²) in [7, 11) is 0. The van der Waals surface area contributed by atoms with Gasteiger partial charge < -0.3 is 0 Å². The van der Waals surface area contributed by atoms with E-state index in [4.69, 9.17) is 0 Å². The summed E-state index contributed by atoms with van der Waals surface area (Å²) in [6.45, 7) is 4.23. The van der Waals surface area contributed by atoms with Crippen LogP contribution in [0.15, 0.2) is 0 Å². The molecule has 0 unspecified atom stereocenters. The van der Waals surface area contributed by atoms with E-state index in [1.165, 1.54) is 12.8 Å². The van der Waals surface area contributed by atoms with Crippen LogP contribution < -0.4 is 0 Å². The molecule has 11 heavy (non-hydrogen) atoms.